The average molecular weight is 258 g/mol. The molecule has 0 amide bonds. The van der Waals surface area contributed by atoms with Crippen LogP contribution in [-0.4, -0.2) is 18.4 Å². The summed E-state index contributed by atoms with van der Waals surface area (Å²) in [5.74, 6) is -0.395. The summed E-state index contributed by atoms with van der Waals surface area (Å²) in [6.07, 6.45) is 1.62. The highest BCUT2D eigenvalue weighted by atomic mass is 16.5. The van der Waals surface area contributed by atoms with Gasteiger partial charge in [0.25, 0.3) is 0 Å². The number of benzene rings is 1. The predicted molar refractivity (Wildman–Crippen MR) is 73.4 cm³/mol. The zero-order chi connectivity index (χ0) is 13.9. The summed E-state index contributed by atoms with van der Waals surface area (Å²) in [4.78, 5) is 23.7. The van der Waals surface area contributed by atoms with Crippen LogP contribution >= 0.6 is 0 Å². The Balaban J connectivity index is 1.94. The molecule has 0 radical (unpaired) electrons. The molecular weight excluding hydrogens is 240 g/mol. The molecule has 1 fully saturated rings. The highest BCUT2D eigenvalue weighted by Crippen LogP contribution is 2.41. The lowest BCUT2D eigenvalue weighted by Crippen LogP contribution is -2.48. The molecule has 0 saturated heterocycles. The van der Waals surface area contributed by atoms with Crippen molar-refractivity contribution < 1.29 is 14.3 Å². The van der Waals surface area contributed by atoms with Gasteiger partial charge in [-0.2, -0.15) is 0 Å². The van der Waals surface area contributed by atoms with Crippen molar-refractivity contribution in [2.24, 2.45) is 5.41 Å². The Morgan fingerprint density at radius 1 is 1.37 bits per heavy atom. The molecule has 0 spiro atoms. The minimum atomic E-state index is -0.878. The fourth-order valence-corrected chi connectivity index (χ4v) is 2.31. The molecule has 1 atom stereocenters. The van der Waals surface area contributed by atoms with Gasteiger partial charge < -0.3 is 4.74 Å². The first-order chi connectivity index (χ1) is 9.10. The van der Waals surface area contributed by atoms with Gasteiger partial charge in [0.1, 0.15) is 17.8 Å². The van der Waals surface area contributed by atoms with Crippen LogP contribution in [0.25, 0.3) is 5.57 Å². The van der Waals surface area contributed by atoms with E-state index in [1.165, 1.54) is 0 Å². The smallest absolute Gasteiger partial charge is 0.319 e. The molecule has 100 valence electrons. The summed E-state index contributed by atoms with van der Waals surface area (Å²) in [5, 5.41) is 0. The molecule has 0 heterocycles. The van der Waals surface area contributed by atoms with Crippen LogP contribution in [0.4, 0.5) is 0 Å². The number of hydrogen-bond donors (Lipinski definition) is 0. The van der Waals surface area contributed by atoms with Gasteiger partial charge in [-0.25, -0.2) is 0 Å². The van der Waals surface area contributed by atoms with Gasteiger partial charge in [0.05, 0.1) is 0 Å². The van der Waals surface area contributed by atoms with Crippen LogP contribution in [-0.2, 0) is 14.3 Å². The maximum absolute atomic E-state index is 12.0. The van der Waals surface area contributed by atoms with E-state index in [2.05, 4.69) is 6.58 Å². The maximum atomic E-state index is 12.0. The third kappa shape index (κ3) is 2.46. The van der Waals surface area contributed by atoms with Crippen LogP contribution in [0.1, 0.15) is 31.7 Å². The van der Waals surface area contributed by atoms with Crippen molar-refractivity contribution in [1.29, 1.82) is 0 Å². The summed E-state index contributed by atoms with van der Waals surface area (Å²) < 4.78 is 5.27. The fourth-order valence-electron chi connectivity index (χ4n) is 2.31. The number of hydrogen-bond acceptors (Lipinski definition) is 3. The fraction of sp³-hybridized carbons (Fsp3) is 0.375. The van der Waals surface area contributed by atoms with Crippen LogP contribution < -0.4 is 0 Å². The molecule has 1 unspecified atom stereocenters. The number of ether oxygens (including phenoxy) is 1. The van der Waals surface area contributed by atoms with Gasteiger partial charge in [0.15, 0.2) is 0 Å². The zero-order valence-corrected chi connectivity index (χ0v) is 11.1. The Morgan fingerprint density at radius 2 is 2.05 bits per heavy atom. The summed E-state index contributed by atoms with van der Waals surface area (Å²) >= 11 is 0. The molecule has 2 rings (SSSR count). The molecule has 1 aliphatic carbocycles. The van der Waals surface area contributed by atoms with E-state index in [1.807, 2.05) is 37.3 Å². The summed E-state index contributed by atoms with van der Waals surface area (Å²) in [6, 6.07) is 9.57. The second kappa shape index (κ2) is 5.39. The van der Waals surface area contributed by atoms with Crippen LogP contribution in [0.5, 0.6) is 0 Å². The van der Waals surface area contributed by atoms with E-state index in [9.17, 15) is 9.59 Å². The lowest BCUT2D eigenvalue weighted by atomic mass is 9.66. The predicted octanol–water partition coefficient (Wildman–Crippen LogP) is 3.00. The number of esters is 1. The van der Waals surface area contributed by atoms with Gasteiger partial charge in [0, 0.05) is 6.42 Å². The minimum absolute atomic E-state index is 0.00493. The monoisotopic (exact) mass is 258 g/mol. The van der Waals surface area contributed by atoms with E-state index in [-0.39, 0.29) is 12.4 Å². The highest BCUT2D eigenvalue weighted by molar-refractivity contribution is 6.08. The van der Waals surface area contributed by atoms with Gasteiger partial charge in [0.2, 0.25) is 0 Å². The van der Waals surface area contributed by atoms with E-state index < -0.39 is 11.4 Å². The number of carbonyl (C=O) groups excluding carboxylic acids is 2. The summed E-state index contributed by atoms with van der Waals surface area (Å²) in [6.45, 7) is 5.89. The lowest BCUT2D eigenvalue weighted by Gasteiger charge is -2.36. The van der Waals surface area contributed by atoms with Gasteiger partial charge in [-0.3, -0.25) is 9.59 Å². The first kappa shape index (κ1) is 13.5. The van der Waals surface area contributed by atoms with Gasteiger partial charge in [-0.1, -0.05) is 43.8 Å². The van der Waals surface area contributed by atoms with E-state index in [0.717, 1.165) is 11.1 Å². The SMILES string of the molecule is C=C(COC(=O)C1(CC)CCC1=O)c1ccccc1. The zero-order valence-electron chi connectivity index (χ0n) is 11.1. The third-order valence-corrected chi connectivity index (χ3v) is 3.87. The second-order valence-corrected chi connectivity index (χ2v) is 4.90. The number of rotatable bonds is 5. The largest absolute Gasteiger partial charge is 0.460 e. The van der Waals surface area contributed by atoms with Crippen LogP contribution in [0, 0.1) is 5.41 Å². The van der Waals surface area contributed by atoms with E-state index in [0.29, 0.717) is 19.3 Å². The molecule has 0 N–H and O–H groups in total. The average Bonchev–Trinajstić information content (AvgIpc) is 2.45. The molecule has 1 saturated carbocycles. The molecule has 19 heavy (non-hydrogen) atoms. The van der Waals surface area contributed by atoms with E-state index in [4.69, 9.17) is 4.74 Å². The van der Waals surface area contributed by atoms with Crippen molar-refractivity contribution in [3.63, 3.8) is 0 Å². The summed E-state index contributed by atoms with van der Waals surface area (Å²) in [7, 11) is 0. The Hall–Kier alpha value is -1.90. The van der Waals surface area contributed by atoms with Crippen LogP contribution in [0.2, 0.25) is 0 Å². The molecule has 1 aliphatic rings. The van der Waals surface area contributed by atoms with Crippen LogP contribution in [0.15, 0.2) is 36.9 Å². The topological polar surface area (TPSA) is 43.4 Å². The van der Waals surface area contributed by atoms with E-state index in [1.54, 1.807) is 0 Å². The van der Waals surface area contributed by atoms with Gasteiger partial charge in [-0.15, -0.1) is 0 Å². The number of ketones is 1. The summed E-state index contributed by atoms with van der Waals surface area (Å²) in [5.41, 5.74) is 0.810. The second-order valence-electron chi connectivity index (χ2n) is 4.90. The molecule has 3 nitrogen and oxygen atoms in total. The Bertz CT molecular complexity index is 500. The maximum Gasteiger partial charge on any atom is 0.319 e. The molecule has 0 aromatic heterocycles. The molecule has 3 heteroatoms. The first-order valence-electron chi connectivity index (χ1n) is 6.54. The van der Waals surface area contributed by atoms with Crippen molar-refractivity contribution in [1.82, 2.24) is 0 Å². The number of carbonyl (C=O) groups is 2. The van der Waals surface area contributed by atoms with Crippen molar-refractivity contribution in [3.05, 3.63) is 42.5 Å². The Kier molecular flexibility index (Phi) is 3.84. The third-order valence-electron chi connectivity index (χ3n) is 3.87. The van der Waals surface area contributed by atoms with Crippen LogP contribution in [0.3, 0.4) is 0 Å². The number of Topliss-reactive ketones (excluding diaryl/α,β-unsaturated/α-hetero) is 1. The van der Waals surface area contributed by atoms with Crippen molar-refractivity contribution in [3.8, 4) is 0 Å². The van der Waals surface area contributed by atoms with Crippen molar-refractivity contribution in [2.75, 3.05) is 6.61 Å². The molecular formula is C16H18O3. The van der Waals surface area contributed by atoms with Gasteiger partial charge >= 0.3 is 5.97 Å². The van der Waals surface area contributed by atoms with Crippen molar-refractivity contribution >= 4 is 17.3 Å². The quantitative estimate of drug-likeness (QED) is 0.602. The molecule has 1 aromatic carbocycles. The lowest BCUT2D eigenvalue weighted by molar-refractivity contribution is -0.166. The van der Waals surface area contributed by atoms with Gasteiger partial charge in [-0.05, 0) is 24.0 Å². The Morgan fingerprint density at radius 3 is 2.53 bits per heavy atom. The first-order valence-corrected chi connectivity index (χ1v) is 6.54. The normalized spacial score (nSPS) is 21.6. The molecule has 1 aromatic rings. The Labute approximate surface area is 113 Å². The minimum Gasteiger partial charge on any atom is -0.460 e. The molecule has 0 aliphatic heterocycles. The highest BCUT2D eigenvalue weighted by Gasteiger charge is 2.52. The standard InChI is InChI=1S/C16H18O3/c1-3-16(10-9-14(16)17)15(18)19-11-12(2)13-7-5-4-6-8-13/h4-8H,2-3,9-11H2,1H3. The molecule has 0 bridgehead atoms. The van der Waals surface area contributed by atoms with E-state index >= 15 is 0 Å². The van der Waals surface area contributed by atoms with Crippen molar-refractivity contribution in [2.45, 2.75) is 26.2 Å².